The minimum atomic E-state index is -2.52. The summed E-state index contributed by atoms with van der Waals surface area (Å²) in [6.45, 7) is 0. The SMILES string of the molecule is CO[Si](C[n+]1ccoc1)(OC)OC.[I-]. The first-order valence-electron chi connectivity index (χ1n) is 3.83. The molecule has 0 aliphatic heterocycles. The lowest BCUT2D eigenvalue weighted by Crippen LogP contribution is -3.00. The Balaban J connectivity index is 0.00000169. The number of oxazole rings is 1. The monoisotopic (exact) mass is 331 g/mol. The molecule has 1 rings (SSSR count). The van der Waals surface area contributed by atoms with Crippen LogP contribution < -0.4 is 28.5 Å². The minimum absolute atomic E-state index is 0. The predicted octanol–water partition coefficient (Wildman–Crippen LogP) is -3.01. The maximum atomic E-state index is 5.24. The molecule has 0 fully saturated rings. The van der Waals surface area contributed by atoms with Gasteiger partial charge >= 0.3 is 15.2 Å². The molecule has 1 heterocycles. The van der Waals surface area contributed by atoms with E-state index in [9.17, 15) is 0 Å². The summed E-state index contributed by atoms with van der Waals surface area (Å²) in [6.07, 6.45) is 5.50. The molecule has 0 atom stereocenters. The molecule has 0 saturated carbocycles. The molecule has 0 aromatic carbocycles. The van der Waals surface area contributed by atoms with E-state index in [4.69, 9.17) is 17.7 Å². The highest BCUT2D eigenvalue weighted by atomic mass is 127. The van der Waals surface area contributed by atoms with Gasteiger partial charge in [-0.1, -0.05) is 0 Å². The van der Waals surface area contributed by atoms with Crippen molar-refractivity contribution in [2.24, 2.45) is 0 Å². The topological polar surface area (TPSA) is 44.7 Å². The zero-order chi connectivity index (χ0) is 9.73. The first kappa shape index (κ1) is 14.0. The van der Waals surface area contributed by atoms with Gasteiger partial charge in [0.1, 0.15) is 0 Å². The Labute approximate surface area is 101 Å². The summed E-state index contributed by atoms with van der Waals surface area (Å²) in [6, 6.07) is 0. The largest absolute Gasteiger partial charge is 1.00 e. The van der Waals surface area contributed by atoms with E-state index >= 15 is 0 Å². The number of nitrogens with zero attached hydrogens (tertiary/aromatic N) is 1. The predicted molar refractivity (Wildman–Crippen MR) is 45.7 cm³/mol. The number of hydrogen-bond donors (Lipinski definition) is 0. The van der Waals surface area contributed by atoms with Gasteiger partial charge in [0.25, 0.3) is 0 Å². The Morgan fingerprint density at radius 1 is 1.21 bits per heavy atom. The van der Waals surface area contributed by atoms with Gasteiger partial charge in [-0.2, -0.15) is 4.57 Å². The lowest BCUT2D eigenvalue weighted by atomic mass is 10.9. The second kappa shape index (κ2) is 6.51. The van der Waals surface area contributed by atoms with E-state index in [0.717, 1.165) is 0 Å². The molecule has 7 heteroatoms. The Morgan fingerprint density at radius 3 is 2.14 bits per heavy atom. The van der Waals surface area contributed by atoms with Crippen molar-refractivity contribution in [1.29, 1.82) is 0 Å². The fraction of sp³-hybridized carbons (Fsp3) is 0.571. The quantitative estimate of drug-likeness (QED) is 0.328. The summed E-state index contributed by atoms with van der Waals surface area (Å²) in [5, 5.41) is 0. The summed E-state index contributed by atoms with van der Waals surface area (Å²) in [4.78, 5) is 0. The third kappa shape index (κ3) is 3.31. The highest BCUT2D eigenvalue weighted by Crippen LogP contribution is 2.05. The first-order chi connectivity index (χ1) is 6.26. The van der Waals surface area contributed by atoms with Crippen molar-refractivity contribution in [3.05, 3.63) is 18.9 Å². The van der Waals surface area contributed by atoms with Crippen molar-refractivity contribution in [3.63, 3.8) is 0 Å². The van der Waals surface area contributed by atoms with Crippen LogP contribution in [0.25, 0.3) is 0 Å². The van der Waals surface area contributed by atoms with Crippen molar-refractivity contribution < 1.29 is 46.2 Å². The maximum absolute atomic E-state index is 5.24. The highest BCUT2D eigenvalue weighted by Gasteiger charge is 2.43. The van der Waals surface area contributed by atoms with Gasteiger partial charge < -0.3 is 41.7 Å². The second-order valence-electron chi connectivity index (χ2n) is 2.49. The molecule has 0 unspecified atom stereocenters. The summed E-state index contributed by atoms with van der Waals surface area (Å²) in [5.74, 6) is 0. The van der Waals surface area contributed by atoms with Crippen LogP contribution in [-0.4, -0.2) is 30.1 Å². The lowest BCUT2D eigenvalue weighted by molar-refractivity contribution is -0.688. The molecule has 0 aliphatic carbocycles. The summed E-state index contributed by atoms with van der Waals surface area (Å²) in [5.41, 5.74) is 0. The Hall–Kier alpha value is 0.0369. The Morgan fingerprint density at radius 2 is 1.79 bits per heavy atom. The molecular formula is C7H14INO4Si. The van der Waals surface area contributed by atoms with Crippen LogP contribution in [0.15, 0.2) is 23.3 Å². The van der Waals surface area contributed by atoms with E-state index in [1.807, 2.05) is 4.57 Å². The van der Waals surface area contributed by atoms with Crippen LogP contribution in [0, 0.1) is 0 Å². The van der Waals surface area contributed by atoms with Gasteiger partial charge in [-0.15, -0.1) is 0 Å². The molecule has 0 spiro atoms. The number of rotatable bonds is 5. The molecule has 0 bridgehead atoms. The van der Waals surface area contributed by atoms with Gasteiger partial charge in [0.15, 0.2) is 6.26 Å². The van der Waals surface area contributed by atoms with Gasteiger partial charge in [0.05, 0.1) is 0 Å². The molecule has 0 amide bonds. The molecule has 1 aromatic heterocycles. The molecule has 82 valence electrons. The molecule has 0 saturated heterocycles. The van der Waals surface area contributed by atoms with Crippen molar-refractivity contribution in [2.45, 2.75) is 6.17 Å². The smallest absolute Gasteiger partial charge is 0.569 e. The van der Waals surface area contributed by atoms with E-state index in [-0.39, 0.29) is 24.0 Å². The highest BCUT2D eigenvalue weighted by molar-refractivity contribution is 6.58. The van der Waals surface area contributed by atoms with Crippen LogP contribution in [0.4, 0.5) is 0 Å². The van der Waals surface area contributed by atoms with Gasteiger partial charge in [0.2, 0.25) is 12.4 Å². The van der Waals surface area contributed by atoms with Crippen molar-refractivity contribution in [2.75, 3.05) is 21.3 Å². The van der Waals surface area contributed by atoms with Crippen LogP contribution in [0.3, 0.4) is 0 Å². The molecule has 0 aliphatic rings. The van der Waals surface area contributed by atoms with E-state index in [1.54, 1.807) is 40.2 Å². The van der Waals surface area contributed by atoms with E-state index in [1.165, 1.54) is 0 Å². The van der Waals surface area contributed by atoms with Gasteiger partial charge in [-0.3, -0.25) is 0 Å². The molecule has 0 radical (unpaired) electrons. The number of aromatic nitrogens is 1. The van der Waals surface area contributed by atoms with E-state index in [2.05, 4.69) is 0 Å². The van der Waals surface area contributed by atoms with E-state index < -0.39 is 8.80 Å². The Bertz CT molecular complexity index is 232. The zero-order valence-electron chi connectivity index (χ0n) is 8.40. The van der Waals surface area contributed by atoms with Crippen molar-refractivity contribution in [1.82, 2.24) is 0 Å². The normalized spacial score (nSPS) is 11.1. The summed E-state index contributed by atoms with van der Waals surface area (Å²) >= 11 is 0. The third-order valence-corrected chi connectivity index (χ3v) is 4.45. The molecule has 1 aromatic rings. The van der Waals surface area contributed by atoms with Crippen LogP contribution in [0.2, 0.25) is 0 Å². The molecular weight excluding hydrogens is 317 g/mol. The van der Waals surface area contributed by atoms with E-state index in [0.29, 0.717) is 6.17 Å². The first-order valence-corrected chi connectivity index (χ1v) is 5.76. The average Bonchev–Trinajstić information content (AvgIpc) is 2.67. The molecule has 0 N–H and O–H groups in total. The lowest BCUT2D eigenvalue weighted by Gasteiger charge is -2.20. The van der Waals surface area contributed by atoms with Crippen LogP contribution in [0.5, 0.6) is 0 Å². The van der Waals surface area contributed by atoms with Crippen molar-refractivity contribution >= 4 is 8.80 Å². The van der Waals surface area contributed by atoms with Gasteiger partial charge in [0, 0.05) is 21.3 Å². The number of hydrogen-bond acceptors (Lipinski definition) is 4. The average molecular weight is 331 g/mol. The van der Waals surface area contributed by atoms with Crippen LogP contribution in [-0.2, 0) is 19.4 Å². The minimum Gasteiger partial charge on any atom is -1.00 e. The second-order valence-corrected chi connectivity index (χ2v) is 5.40. The molecule has 14 heavy (non-hydrogen) atoms. The van der Waals surface area contributed by atoms with Gasteiger partial charge in [-0.05, 0) is 0 Å². The van der Waals surface area contributed by atoms with Crippen molar-refractivity contribution in [3.8, 4) is 0 Å². The fourth-order valence-corrected chi connectivity index (χ4v) is 2.53. The summed E-state index contributed by atoms with van der Waals surface area (Å²) in [7, 11) is 2.23. The molecule has 5 nitrogen and oxygen atoms in total. The third-order valence-electron chi connectivity index (χ3n) is 1.84. The maximum Gasteiger partial charge on any atom is 0.569 e. The Kier molecular flexibility index (Phi) is 6.52. The van der Waals surface area contributed by atoms with Gasteiger partial charge in [-0.25, -0.2) is 0 Å². The summed E-state index contributed by atoms with van der Waals surface area (Å²) < 4.78 is 22.5. The van der Waals surface area contributed by atoms with Crippen LogP contribution >= 0.6 is 0 Å². The standard InChI is InChI=1S/C7H14NO4Si.HI/c1-9-13(10-2,11-3)7-8-4-5-12-6-8;/h4-6H,7H2,1-3H3;1H/q+1;/p-1. The van der Waals surface area contributed by atoms with Crippen LogP contribution in [0.1, 0.15) is 0 Å². The number of halogens is 1. The fourth-order valence-electron chi connectivity index (χ4n) is 1.02. The zero-order valence-corrected chi connectivity index (χ0v) is 11.6.